The second-order valence-corrected chi connectivity index (χ2v) is 4.24. The minimum Gasteiger partial charge on any atom is -0.496 e. The van der Waals surface area contributed by atoms with Crippen LogP contribution >= 0.6 is 11.8 Å². The molecule has 6 heteroatoms. The fourth-order valence-corrected chi connectivity index (χ4v) is 2.33. The molecule has 0 saturated carbocycles. The Bertz CT molecular complexity index is 579. The third-order valence-electron chi connectivity index (χ3n) is 2.40. The van der Waals surface area contributed by atoms with E-state index in [2.05, 4.69) is 5.16 Å². The third kappa shape index (κ3) is 2.19. The number of rotatable bonds is 4. The van der Waals surface area contributed by atoms with Crippen LogP contribution in [0.5, 0.6) is 5.75 Å². The maximum atomic E-state index is 10.8. The molecule has 18 heavy (non-hydrogen) atoms. The number of hydrogen-bond donors (Lipinski definition) is 1. The smallest absolute Gasteiger partial charge is 0.358 e. The van der Waals surface area contributed by atoms with Crippen molar-refractivity contribution in [3.8, 4) is 17.1 Å². The zero-order valence-electron chi connectivity index (χ0n) is 9.84. The maximum Gasteiger partial charge on any atom is 0.358 e. The zero-order chi connectivity index (χ0) is 13.1. The van der Waals surface area contributed by atoms with Gasteiger partial charge in [-0.15, -0.1) is 11.8 Å². The molecule has 0 fully saturated rings. The molecule has 94 valence electrons. The van der Waals surface area contributed by atoms with Gasteiger partial charge in [-0.05, 0) is 18.4 Å². The monoisotopic (exact) mass is 265 g/mol. The summed E-state index contributed by atoms with van der Waals surface area (Å²) in [5.74, 6) is 0.0162. The quantitative estimate of drug-likeness (QED) is 0.857. The zero-order valence-corrected chi connectivity index (χ0v) is 10.7. The van der Waals surface area contributed by atoms with Crippen LogP contribution in [0.2, 0.25) is 0 Å². The van der Waals surface area contributed by atoms with Crippen molar-refractivity contribution >= 4 is 17.7 Å². The van der Waals surface area contributed by atoms with Crippen LogP contribution in [0.25, 0.3) is 11.3 Å². The van der Waals surface area contributed by atoms with Gasteiger partial charge in [0.1, 0.15) is 5.75 Å². The Hall–Kier alpha value is -1.95. The van der Waals surface area contributed by atoms with E-state index < -0.39 is 5.97 Å². The minimum absolute atomic E-state index is 0.111. The van der Waals surface area contributed by atoms with Crippen LogP contribution in [0.15, 0.2) is 33.7 Å². The van der Waals surface area contributed by atoms with Crippen molar-refractivity contribution in [2.75, 3.05) is 13.4 Å². The van der Waals surface area contributed by atoms with Crippen molar-refractivity contribution in [1.29, 1.82) is 0 Å². The molecule has 0 saturated heterocycles. The Morgan fingerprint density at radius 1 is 1.50 bits per heavy atom. The maximum absolute atomic E-state index is 10.8. The molecular weight excluding hydrogens is 254 g/mol. The van der Waals surface area contributed by atoms with Crippen LogP contribution in [-0.2, 0) is 0 Å². The first-order valence-electron chi connectivity index (χ1n) is 5.08. The average Bonchev–Trinajstić information content (AvgIpc) is 2.87. The first-order valence-corrected chi connectivity index (χ1v) is 6.31. The van der Waals surface area contributed by atoms with Crippen molar-refractivity contribution in [3.63, 3.8) is 0 Å². The summed E-state index contributed by atoms with van der Waals surface area (Å²) >= 11 is 1.50. The van der Waals surface area contributed by atoms with Crippen molar-refractivity contribution in [2.45, 2.75) is 4.90 Å². The Morgan fingerprint density at radius 3 is 2.83 bits per heavy atom. The third-order valence-corrected chi connectivity index (χ3v) is 3.23. The Balaban J connectivity index is 2.52. The number of benzene rings is 1. The van der Waals surface area contributed by atoms with Gasteiger partial charge < -0.3 is 14.4 Å². The molecule has 5 nitrogen and oxygen atoms in total. The summed E-state index contributed by atoms with van der Waals surface area (Å²) in [4.78, 5) is 11.7. The van der Waals surface area contributed by atoms with Gasteiger partial charge in [0.05, 0.1) is 12.0 Å². The van der Waals surface area contributed by atoms with Gasteiger partial charge in [-0.1, -0.05) is 11.2 Å². The summed E-state index contributed by atoms with van der Waals surface area (Å²) in [5, 5.41) is 12.3. The molecule has 1 heterocycles. The molecule has 0 aliphatic carbocycles. The summed E-state index contributed by atoms with van der Waals surface area (Å²) in [7, 11) is 1.59. The molecule has 2 rings (SSSR count). The lowest BCUT2D eigenvalue weighted by Crippen LogP contribution is -1.94. The largest absolute Gasteiger partial charge is 0.496 e. The van der Waals surface area contributed by atoms with Gasteiger partial charge in [-0.25, -0.2) is 4.79 Å². The summed E-state index contributed by atoms with van der Waals surface area (Å²) in [5.41, 5.74) is 0.654. The van der Waals surface area contributed by atoms with Crippen LogP contribution in [0.1, 0.15) is 10.5 Å². The highest BCUT2D eigenvalue weighted by molar-refractivity contribution is 7.98. The number of nitrogens with zero attached hydrogens (tertiary/aromatic N) is 1. The summed E-state index contributed by atoms with van der Waals surface area (Å²) in [6, 6.07) is 6.89. The second-order valence-electron chi connectivity index (χ2n) is 3.42. The Kier molecular flexibility index (Phi) is 3.57. The van der Waals surface area contributed by atoms with E-state index in [0.29, 0.717) is 11.5 Å². The predicted molar refractivity (Wildman–Crippen MR) is 67.2 cm³/mol. The molecule has 2 aromatic rings. The van der Waals surface area contributed by atoms with E-state index >= 15 is 0 Å². The Morgan fingerprint density at radius 2 is 2.28 bits per heavy atom. The standard InChI is InChI=1S/C12H11NO4S/c1-16-9-5-3-4-7(11(9)18-2)10-6-8(12(14)15)13-17-10/h3-6H,1-2H3,(H,14,15). The fraction of sp³-hybridized carbons (Fsp3) is 0.167. The van der Waals surface area contributed by atoms with E-state index in [1.807, 2.05) is 24.5 Å². The topological polar surface area (TPSA) is 72.6 Å². The van der Waals surface area contributed by atoms with Gasteiger partial charge >= 0.3 is 5.97 Å². The minimum atomic E-state index is -1.11. The molecule has 1 N–H and O–H groups in total. The molecule has 1 aromatic heterocycles. The van der Waals surface area contributed by atoms with Gasteiger partial charge in [0, 0.05) is 11.6 Å². The molecule has 0 radical (unpaired) electrons. The lowest BCUT2D eigenvalue weighted by Gasteiger charge is -2.09. The first kappa shape index (κ1) is 12.5. The summed E-state index contributed by atoms with van der Waals surface area (Å²) < 4.78 is 10.3. The highest BCUT2D eigenvalue weighted by Crippen LogP contribution is 2.37. The lowest BCUT2D eigenvalue weighted by molar-refractivity contribution is 0.0686. The highest BCUT2D eigenvalue weighted by Gasteiger charge is 2.16. The molecule has 0 aliphatic rings. The molecule has 1 aromatic carbocycles. The second kappa shape index (κ2) is 5.14. The number of methoxy groups -OCH3 is 1. The first-order chi connectivity index (χ1) is 8.67. The number of aromatic carboxylic acids is 1. The van der Waals surface area contributed by atoms with Crippen LogP contribution in [0.4, 0.5) is 0 Å². The number of hydrogen-bond acceptors (Lipinski definition) is 5. The van der Waals surface area contributed by atoms with Crippen LogP contribution in [0, 0.1) is 0 Å². The molecule has 0 amide bonds. The fourth-order valence-electron chi connectivity index (χ4n) is 1.58. The van der Waals surface area contributed by atoms with Crippen molar-refractivity contribution in [3.05, 3.63) is 30.0 Å². The van der Waals surface area contributed by atoms with E-state index in [-0.39, 0.29) is 5.69 Å². The SMILES string of the molecule is COc1cccc(-c2cc(C(=O)O)no2)c1SC. The molecule has 0 atom stereocenters. The lowest BCUT2D eigenvalue weighted by atomic mass is 10.1. The van der Waals surface area contributed by atoms with Crippen molar-refractivity contribution in [1.82, 2.24) is 5.16 Å². The van der Waals surface area contributed by atoms with E-state index in [0.717, 1.165) is 10.5 Å². The van der Waals surface area contributed by atoms with Gasteiger partial charge in [-0.2, -0.15) is 0 Å². The van der Waals surface area contributed by atoms with E-state index in [9.17, 15) is 4.79 Å². The average molecular weight is 265 g/mol. The van der Waals surface area contributed by atoms with Crippen LogP contribution in [-0.4, -0.2) is 29.6 Å². The van der Waals surface area contributed by atoms with Gasteiger partial charge in [0.2, 0.25) is 0 Å². The molecule has 0 aliphatic heterocycles. The Labute approximate surface area is 108 Å². The number of ether oxygens (including phenoxy) is 1. The molecule has 0 unspecified atom stereocenters. The van der Waals surface area contributed by atoms with Gasteiger partial charge in [0.25, 0.3) is 0 Å². The van der Waals surface area contributed by atoms with Gasteiger partial charge in [-0.3, -0.25) is 0 Å². The summed E-state index contributed by atoms with van der Waals surface area (Å²) in [6.07, 6.45) is 1.91. The van der Waals surface area contributed by atoms with E-state index in [4.69, 9.17) is 14.4 Å². The predicted octanol–water partition coefficient (Wildman–Crippen LogP) is 2.77. The molecule has 0 spiro atoms. The van der Waals surface area contributed by atoms with E-state index in [1.165, 1.54) is 17.8 Å². The molecular formula is C12H11NO4S. The highest BCUT2D eigenvalue weighted by atomic mass is 32.2. The molecule has 0 bridgehead atoms. The van der Waals surface area contributed by atoms with Crippen LogP contribution < -0.4 is 4.74 Å². The summed E-state index contributed by atoms with van der Waals surface area (Å²) in [6.45, 7) is 0. The number of carboxylic acids is 1. The van der Waals surface area contributed by atoms with E-state index in [1.54, 1.807) is 7.11 Å². The van der Waals surface area contributed by atoms with Gasteiger partial charge in [0.15, 0.2) is 11.5 Å². The van der Waals surface area contributed by atoms with Crippen molar-refractivity contribution in [2.24, 2.45) is 0 Å². The number of carboxylic acid groups (broad SMARTS) is 1. The van der Waals surface area contributed by atoms with Crippen LogP contribution in [0.3, 0.4) is 0 Å². The number of aromatic nitrogens is 1. The van der Waals surface area contributed by atoms with Crippen molar-refractivity contribution < 1.29 is 19.2 Å². The number of thioether (sulfide) groups is 1. The number of carbonyl (C=O) groups is 1. The normalized spacial score (nSPS) is 10.3.